The van der Waals surface area contributed by atoms with Crippen LogP contribution in [-0.4, -0.2) is 20.6 Å². The van der Waals surface area contributed by atoms with E-state index in [0.717, 1.165) is 5.56 Å². The second-order valence-corrected chi connectivity index (χ2v) is 5.23. The zero-order valence-electron chi connectivity index (χ0n) is 7.77. The standard InChI is InChI=1S/C10H11ClO2S/c1-14(12,13)10-6-2-4-9(8-10)5-3-7-11/h2-6,8H,7H2,1H3. The van der Waals surface area contributed by atoms with Crippen LogP contribution in [0.2, 0.25) is 0 Å². The minimum Gasteiger partial charge on any atom is -0.224 e. The first kappa shape index (κ1) is 11.3. The summed E-state index contributed by atoms with van der Waals surface area (Å²) in [5, 5.41) is 0. The van der Waals surface area contributed by atoms with Crippen molar-refractivity contribution in [3.05, 3.63) is 35.9 Å². The van der Waals surface area contributed by atoms with E-state index in [2.05, 4.69) is 0 Å². The molecule has 0 N–H and O–H groups in total. The number of halogens is 1. The molecule has 0 aliphatic carbocycles. The Balaban J connectivity index is 3.08. The van der Waals surface area contributed by atoms with E-state index in [1.54, 1.807) is 30.4 Å². The molecule has 4 heteroatoms. The summed E-state index contributed by atoms with van der Waals surface area (Å²) in [4.78, 5) is 0.328. The highest BCUT2D eigenvalue weighted by Crippen LogP contribution is 2.12. The van der Waals surface area contributed by atoms with Gasteiger partial charge in [0, 0.05) is 12.1 Å². The molecular formula is C10H11ClO2S. The zero-order valence-corrected chi connectivity index (χ0v) is 9.35. The van der Waals surface area contributed by atoms with Crippen molar-refractivity contribution < 1.29 is 8.42 Å². The van der Waals surface area contributed by atoms with Crippen LogP contribution in [0.1, 0.15) is 5.56 Å². The van der Waals surface area contributed by atoms with Crippen LogP contribution in [0.5, 0.6) is 0 Å². The summed E-state index contributed by atoms with van der Waals surface area (Å²) in [6, 6.07) is 6.74. The fourth-order valence-electron chi connectivity index (χ4n) is 1.03. The lowest BCUT2D eigenvalue weighted by Crippen LogP contribution is -1.96. The molecule has 1 aromatic carbocycles. The van der Waals surface area contributed by atoms with Gasteiger partial charge in [0.05, 0.1) is 4.90 Å². The van der Waals surface area contributed by atoms with Crippen molar-refractivity contribution in [3.63, 3.8) is 0 Å². The summed E-state index contributed by atoms with van der Waals surface area (Å²) in [6.07, 6.45) is 4.75. The summed E-state index contributed by atoms with van der Waals surface area (Å²) in [5.74, 6) is 0.420. The average molecular weight is 231 g/mol. The number of hydrogen-bond donors (Lipinski definition) is 0. The maximum atomic E-state index is 11.2. The van der Waals surface area contributed by atoms with E-state index in [9.17, 15) is 8.42 Å². The van der Waals surface area contributed by atoms with Crippen molar-refractivity contribution >= 4 is 27.5 Å². The van der Waals surface area contributed by atoms with Gasteiger partial charge in [-0.3, -0.25) is 0 Å². The topological polar surface area (TPSA) is 34.1 Å². The first-order valence-electron chi connectivity index (χ1n) is 4.06. The fraction of sp³-hybridized carbons (Fsp3) is 0.200. The molecule has 0 saturated heterocycles. The van der Waals surface area contributed by atoms with Crippen LogP contribution in [0, 0.1) is 0 Å². The molecule has 0 fully saturated rings. The number of allylic oxidation sites excluding steroid dienone is 1. The molecule has 14 heavy (non-hydrogen) atoms. The smallest absolute Gasteiger partial charge is 0.175 e. The first-order chi connectivity index (χ1) is 6.54. The van der Waals surface area contributed by atoms with Crippen molar-refractivity contribution in [1.29, 1.82) is 0 Å². The second-order valence-electron chi connectivity index (χ2n) is 2.90. The molecule has 0 bridgehead atoms. The van der Waals surface area contributed by atoms with Crippen molar-refractivity contribution in [2.45, 2.75) is 4.90 Å². The maximum absolute atomic E-state index is 11.2. The first-order valence-corrected chi connectivity index (χ1v) is 6.49. The minimum absolute atomic E-state index is 0.328. The number of sulfone groups is 1. The van der Waals surface area contributed by atoms with Gasteiger partial charge in [0.15, 0.2) is 9.84 Å². The van der Waals surface area contributed by atoms with E-state index in [4.69, 9.17) is 11.6 Å². The lowest BCUT2D eigenvalue weighted by molar-refractivity contribution is 0.602. The molecule has 0 atom stereocenters. The van der Waals surface area contributed by atoms with Crippen molar-refractivity contribution in [1.82, 2.24) is 0 Å². The summed E-state index contributed by atoms with van der Waals surface area (Å²) < 4.78 is 22.4. The van der Waals surface area contributed by atoms with Gasteiger partial charge in [0.2, 0.25) is 0 Å². The molecule has 0 aromatic heterocycles. The van der Waals surface area contributed by atoms with Gasteiger partial charge in [-0.1, -0.05) is 24.3 Å². The molecule has 76 valence electrons. The summed E-state index contributed by atoms with van der Waals surface area (Å²) in [7, 11) is -3.12. The average Bonchev–Trinajstić information content (AvgIpc) is 2.14. The van der Waals surface area contributed by atoms with E-state index in [1.165, 1.54) is 6.26 Å². The van der Waals surface area contributed by atoms with Crippen LogP contribution < -0.4 is 0 Å². The molecule has 1 aromatic rings. The van der Waals surface area contributed by atoms with Crippen molar-refractivity contribution in [2.75, 3.05) is 12.1 Å². The third-order valence-electron chi connectivity index (χ3n) is 1.69. The molecule has 0 amide bonds. The monoisotopic (exact) mass is 230 g/mol. The van der Waals surface area contributed by atoms with Crippen molar-refractivity contribution in [3.8, 4) is 0 Å². The molecule has 0 unspecified atom stereocenters. The van der Waals surface area contributed by atoms with E-state index in [1.807, 2.05) is 6.07 Å². The normalized spacial score (nSPS) is 12.1. The SMILES string of the molecule is CS(=O)(=O)c1cccc(C=CCCl)c1. The molecule has 0 radical (unpaired) electrons. The van der Waals surface area contributed by atoms with Gasteiger partial charge in [-0.15, -0.1) is 11.6 Å². The van der Waals surface area contributed by atoms with Gasteiger partial charge in [-0.25, -0.2) is 8.42 Å². The fourth-order valence-corrected chi connectivity index (χ4v) is 1.79. The van der Waals surface area contributed by atoms with Crippen LogP contribution >= 0.6 is 11.6 Å². The third kappa shape index (κ3) is 3.16. The van der Waals surface area contributed by atoms with Crippen LogP contribution in [0.15, 0.2) is 35.2 Å². The predicted molar refractivity (Wildman–Crippen MR) is 59.3 cm³/mol. The number of rotatable bonds is 3. The van der Waals surface area contributed by atoms with Crippen LogP contribution in [0.3, 0.4) is 0 Å². The lowest BCUT2D eigenvalue weighted by Gasteiger charge is -1.99. The lowest BCUT2D eigenvalue weighted by atomic mass is 10.2. The molecule has 0 saturated carbocycles. The highest BCUT2D eigenvalue weighted by molar-refractivity contribution is 7.90. The third-order valence-corrected chi connectivity index (χ3v) is 2.97. The highest BCUT2D eigenvalue weighted by Gasteiger charge is 2.05. The Morgan fingerprint density at radius 2 is 2.14 bits per heavy atom. The Bertz CT molecular complexity index is 435. The van der Waals surface area contributed by atoms with Crippen LogP contribution in [-0.2, 0) is 9.84 Å². The zero-order chi connectivity index (χ0) is 10.6. The van der Waals surface area contributed by atoms with Crippen LogP contribution in [0.25, 0.3) is 6.08 Å². The highest BCUT2D eigenvalue weighted by atomic mass is 35.5. The Morgan fingerprint density at radius 1 is 1.43 bits per heavy atom. The molecule has 0 aliphatic heterocycles. The van der Waals surface area contributed by atoms with Gasteiger partial charge in [-0.05, 0) is 17.7 Å². The van der Waals surface area contributed by atoms with E-state index >= 15 is 0 Å². The van der Waals surface area contributed by atoms with Crippen molar-refractivity contribution in [2.24, 2.45) is 0 Å². The Labute approximate surface area is 89.1 Å². The Morgan fingerprint density at radius 3 is 2.71 bits per heavy atom. The number of alkyl halides is 1. The van der Waals surface area contributed by atoms with E-state index in [0.29, 0.717) is 10.8 Å². The Kier molecular flexibility index (Phi) is 3.72. The quantitative estimate of drug-likeness (QED) is 0.747. The van der Waals surface area contributed by atoms with Gasteiger partial charge < -0.3 is 0 Å². The van der Waals surface area contributed by atoms with Crippen LogP contribution in [0.4, 0.5) is 0 Å². The Hall–Kier alpha value is -0.800. The molecule has 0 spiro atoms. The summed E-state index contributed by atoms with van der Waals surface area (Å²) >= 11 is 5.48. The summed E-state index contributed by atoms with van der Waals surface area (Å²) in [6.45, 7) is 0. The van der Waals surface area contributed by atoms with Gasteiger partial charge >= 0.3 is 0 Å². The molecular weight excluding hydrogens is 220 g/mol. The predicted octanol–water partition coefficient (Wildman–Crippen LogP) is 2.34. The second kappa shape index (κ2) is 4.62. The molecule has 0 heterocycles. The molecule has 0 aliphatic rings. The number of hydrogen-bond acceptors (Lipinski definition) is 2. The summed E-state index contributed by atoms with van der Waals surface area (Å²) in [5.41, 5.74) is 0.841. The van der Waals surface area contributed by atoms with Gasteiger partial charge in [0.25, 0.3) is 0 Å². The number of benzene rings is 1. The van der Waals surface area contributed by atoms with E-state index in [-0.39, 0.29) is 0 Å². The van der Waals surface area contributed by atoms with Gasteiger partial charge in [0.1, 0.15) is 0 Å². The molecule has 1 rings (SSSR count). The maximum Gasteiger partial charge on any atom is 0.175 e. The van der Waals surface area contributed by atoms with Gasteiger partial charge in [-0.2, -0.15) is 0 Å². The largest absolute Gasteiger partial charge is 0.224 e. The molecule has 2 nitrogen and oxygen atoms in total. The van der Waals surface area contributed by atoms with E-state index < -0.39 is 9.84 Å². The minimum atomic E-state index is -3.12.